The molecule has 0 bridgehead atoms. The van der Waals surface area contributed by atoms with Crippen molar-refractivity contribution in [2.24, 2.45) is 5.73 Å². The van der Waals surface area contributed by atoms with E-state index in [2.05, 4.69) is 15.3 Å². The summed E-state index contributed by atoms with van der Waals surface area (Å²) in [5.41, 5.74) is 6.20. The molecule has 6 heteroatoms. The summed E-state index contributed by atoms with van der Waals surface area (Å²) in [6.45, 7) is 1.25. The molecule has 16 heavy (non-hydrogen) atoms. The van der Waals surface area contributed by atoms with Gasteiger partial charge in [0.2, 0.25) is 5.95 Å². The van der Waals surface area contributed by atoms with Crippen LogP contribution in [0.5, 0.6) is 0 Å². The third kappa shape index (κ3) is 2.11. The largest absolute Gasteiger partial charge is 0.356 e. The minimum Gasteiger partial charge on any atom is -0.356 e. The van der Waals surface area contributed by atoms with Crippen LogP contribution in [0.1, 0.15) is 6.42 Å². The maximum Gasteiger partial charge on any atom is 0.201 e. The zero-order valence-corrected chi connectivity index (χ0v) is 8.56. The van der Waals surface area contributed by atoms with Crippen LogP contribution in [0.3, 0.4) is 0 Å². The number of nitrogens with zero attached hydrogens (tertiary/aromatic N) is 1. The highest BCUT2D eigenvalue weighted by Crippen LogP contribution is 2.18. The molecule has 0 aliphatic carbocycles. The number of imidazole rings is 1. The number of nitrogens with one attached hydrogen (secondary N) is 2. The van der Waals surface area contributed by atoms with E-state index in [4.69, 9.17) is 5.73 Å². The van der Waals surface area contributed by atoms with Crippen molar-refractivity contribution in [2.75, 3.05) is 18.4 Å². The van der Waals surface area contributed by atoms with Crippen LogP contribution in [0, 0.1) is 11.6 Å². The van der Waals surface area contributed by atoms with E-state index in [1.165, 1.54) is 0 Å². The van der Waals surface area contributed by atoms with Gasteiger partial charge < -0.3 is 16.0 Å². The fourth-order valence-corrected chi connectivity index (χ4v) is 1.40. The summed E-state index contributed by atoms with van der Waals surface area (Å²) in [6.07, 6.45) is 0.805. The normalized spacial score (nSPS) is 10.9. The van der Waals surface area contributed by atoms with E-state index in [0.717, 1.165) is 18.6 Å². The van der Waals surface area contributed by atoms with Gasteiger partial charge in [0.1, 0.15) is 0 Å². The third-order valence-electron chi connectivity index (χ3n) is 2.20. The molecule has 0 amide bonds. The smallest absolute Gasteiger partial charge is 0.201 e. The van der Waals surface area contributed by atoms with Gasteiger partial charge in [0.15, 0.2) is 11.6 Å². The van der Waals surface area contributed by atoms with E-state index in [9.17, 15) is 8.78 Å². The van der Waals surface area contributed by atoms with Gasteiger partial charge >= 0.3 is 0 Å². The zero-order valence-electron chi connectivity index (χ0n) is 8.56. The van der Waals surface area contributed by atoms with Crippen LogP contribution < -0.4 is 11.1 Å². The second kappa shape index (κ2) is 4.44. The van der Waals surface area contributed by atoms with Crippen molar-refractivity contribution in [1.82, 2.24) is 9.97 Å². The first kappa shape index (κ1) is 10.8. The molecule has 1 aromatic carbocycles. The molecule has 0 aliphatic heterocycles. The highest BCUT2D eigenvalue weighted by molar-refractivity contribution is 5.77. The minimum atomic E-state index is -0.896. The first-order valence-electron chi connectivity index (χ1n) is 4.99. The highest BCUT2D eigenvalue weighted by atomic mass is 19.2. The lowest BCUT2D eigenvalue weighted by Gasteiger charge is -1.98. The molecule has 0 unspecified atom stereocenters. The lowest BCUT2D eigenvalue weighted by molar-refractivity contribution is 0.510. The summed E-state index contributed by atoms with van der Waals surface area (Å²) in [5.74, 6) is -1.29. The number of nitrogens with two attached hydrogens (primary N) is 1. The molecular formula is C10H12F2N4. The molecule has 0 radical (unpaired) electrons. The molecule has 4 nitrogen and oxygen atoms in total. The average Bonchev–Trinajstić information content (AvgIpc) is 2.61. The monoisotopic (exact) mass is 226 g/mol. The summed E-state index contributed by atoms with van der Waals surface area (Å²) in [5, 5.41) is 2.98. The second-order valence-corrected chi connectivity index (χ2v) is 3.44. The van der Waals surface area contributed by atoms with Gasteiger partial charge in [-0.3, -0.25) is 0 Å². The van der Waals surface area contributed by atoms with Gasteiger partial charge in [0, 0.05) is 18.7 Å². The van der Waals surface area contributed by atoms with E-state index in [1.54, 1.807) is 0 Å². The van der Waals surface area contributed by atoms with E-state index in [0.29, 0.717) is 30.1 Å². The average molecular weight is 226 g/mol. The van der Waals surface area contributed by atoms with Crippen molar-refractivity contribution in [3.8, 4) is 0 Å². The maximum absolute atomic E-state index is 12.9. The molecule has 4 N–H and O–H groups in total. The molecule has 1 aromatic heterocycles. The Morgan fingerprint density at radius 1 is 1.31 bits per heavy atom. The van der Waals surface area contributed by atoms with Gasteiger partial charge in [0.25, 0.3) is 0 Å². The van der Waals surface area contributed by atoms with Crippen LogP contribution in [-0.2, 0) is 0 Å². The number of fused-ring (bicyclic) bond motifs is 1. The van der Waals surface area contributed by atoms with E-state index in [1.807, 2.05) is 0 Å². The Labute approximate surface area is 90.9 Å². The van der Waals surface area contributed by atoms with Crippen molar-refractivity contribution >= 4 is 17.0 Å². The third-order valence-corrected chi connectivity index (χ3v) is 2.20. The number of aromatic nitrogens is 2. The number of hydrogen-bond acceptors (Lipinski definition) is 3. The number of rotatable bonds is 4. The molecule has 2 aromatic rings. The molecule has 0 saturated carbocycles. The topological polar surface area (TPSA) is 66.7 Å². The predicted octanol–water partition coefficient (Wildman–Crippen LogP) is 1.60. The summed E-state index contributed by atoms with van der Waals surface area (Å²) < 4.78 is 25.8. The SMILES string of the molecule is NCCCNc1nc2cc(F)c(F)cc2[nH]1. The molecule has 0 aliphatic rings. The van der Waals surface area contributed by atoms with Gasteiger partial charge in [0.05, 0.1) is 11.0 Å². The Hall–Kier alpha value is -1.69. The number of anilines is 1. The van der Waals surface area contributed by atoms with Gasteiger partial charge in [-0.1, -0.05) is 0 Å². The van der Waals surface area contributed by atoms with Crippen LogP contribution >= 0.6 is 0 Å². The predicted molar refractivity (Wildman–Crippen MR) is 58.2 cm³/mol. The Morgan fingerprint density at radius 3 is 2.81 bits per heavy atom. The van der Waals surface area contributed by atoms with Crippen molar-refractivity contribution in [3.05, 3.63) is 23.8 Å². The first-order chi connectivity index (χ1) is 7.70. The number of H-pyrrole nitrogens is 1. The van der Waals surface area contributed by atoms with Crippen LogP contribution in [0.4, 0.5) is 14.7 Å². The standard InChI is InChI=1S/C10H12F2N4/c11-6-4-8-9(5-7(6)12)16-10(15-8)14-3-1-2-13/h4-5H,1-3,13H2,(H2,14,15,16). The van der Waals surface area contributed by atoms with E-state index in [-0.39, 0.29) is 0 Å². The summed E-state index contributed by atoms with van der Waals surface area (Å²) in [7, 11) is 0. The molecular weight excluding hydrogens is 214 g/mol. The second-order valence-electron chi connectivity index (χ2n) is 3.44. The summed E-state index contributed by atoms with van der Waals surface area (Å²) in [6, 6.07) is 2.15. The van der Waals surface area contributed by atoms with Crippen LogP contribution in [0.15, 0.2) is 12.1 Å². The lowest BCUT2D eigenvalue weighted by atomic mass is 10.3. The van der Waals surface area contributed by atoms with E-state index >= 15 is 0 Å². The van der Waals surface area contributed by atoms with Gasteiger partial charge in [-0.2, -0.15) is 0 Å². The molecule has 2 rings (SSSR count). The number of benzene rings is 1. The molecule has 86 valence electrons. The molecule has 0 saturated heterocycles. The van der Waals surface area contributed by atoms with Crippen molar-refractivity contribution in [2.45, 2.75) is 6.42 Å². The Bertz CT molecular complexity index is 456. The summed E-state index contributed by atoms with van der Waals surface area (Å²) in [4.78, 5) is 6.93. The number of halogens is 2. The Kier molecular flexibility index (Phi) is 3.00. The van der Waals surface area contributed by atoms with E-state index < -0.39 is 11.6 Å². The molecule has 0 atom stereocenters. The van der Waals surface area contributed by atoms with Crippen molar-refractivity contribution in [1.29, 1.82) is 0 Å². The fourth-order valence-electron chi connectivity index (χ4n) is 1.40. The zero-order chi connectivity index (χ0) is 11.5. The maximum atomic E-state index is 12.9. The molecule has 1 heterocycles. The van der Waals surface area contributed by atoms with Crippen LogP contribution in [0.25, 0.3) is 11.0 Å². The van der Waals surface area contributed by atoms with Gasteiger partial charge in [-0.25, -0.2) is 13.8 Å². The minimum absolute atomic E-state index is 0.397. The molecule has 0 fully saturated rings. The quantitative estimate of drug-likeness (QED) is 0.694. The molecule has 0 spiro atoms. The lowest BCUT2D eigenvalue weighted by Crippen LogP contribution is -2.09. The van der Waals surface area contributed by atoms with Crippen LogP contribution in [-0.4, -0.2) is 23.1 Å². The fraction of sp³-hybridized carbons (Fsp3) is 0.300. The Balaban J connectivity index is 2.23. The first-order valence-corrected chi connectivity index (χ1v) is 4.99. The van der Waals surface area contributed by atoms with Crippen LogP contribution in [0.2, 0.25) is 0 Å². The van der Waals surface area contributed by atoms with Crippen molar-refractivity contribution in [3.63, 3.8) is 0 Å². The Morgan fingerprint density at radius 2 is 2.06 bits per heavy atom. The number of hydrogen-bond donors (Lipinski definition) is 3. The summed E-state index contributed by atoms with van der Waals surface area (Å²) >= 11 is 0. The van der Waals surface area contributed by atoms with Gasteiger partial charge in [-0.05, 0) is 13.0 Å². The van der Waals surface area contributed by atoms with Gasteiger partial charge in [-0.15, -0.1) is 0 Å². The highest BCUT2D eigenvalue weighted by Gasteiger charge is 2.07. The van der Waals surface area contributed by atoms with Crippen molar-refractivity contribution < 1.29 is 8.78 Å². The number of aromatic amines is 1.